The predicted octanol–water partition coefficient (Wildman–Crippen LogP) is 12.2. The third-order valence-electron chi connectivity index (χ3n) is 8.62. The molecule has 0 aromatic carbocycles. The van der Waals surface area contributed by atoms with Crippen molar-refractivity contribution in [1.82, 2.24) is 0 Å². The Balaban J connectivity index is 4.13. The van der Waals surface area contributed by atoms with Crippen molar-refractivity contribution in [3.05, 3.63) is 36.6 Å². The highest BCUT2D eigenvalue weighted by Gasteiger charge is 2.25. The minimum absolute atomic E-state index is 0.0278. The Morgan fingerprint density at radius 1 is 0.620 bits per heavy atom. The highest BCUT2D eigenvalue weighted by Crippen LogP contribution is 2.43. The molecule has 50 heavy (non-hydrogen) atoms. The monoisotopic (exact) mass is 728 g/mol. The molecule has 0 aliphatic rings. The van der Waals surface area contributed by atoms with Gasteiger partial charge in [0, 0.05) is 13.0 Å². The van der Waals surface area contributed by atoms with Crippen LogP contribution in [0, 0.1) is 0 Å². The molecule has 294 valence electrons. The van der Waals surface area contributed by atoms with Crippen LogP contribution in [0.4, 0.5) is 0 Å². The number of hydrogen-bond acceptors (Lipinski definition) is 7. The van der Waals surface area contributed by atoms with Crippen molar-refractivity contribution in [1.29, 1.82) is 0 Å². The van der Waals surface area contributed by atoms with Gasteiger partial charge in [0.1, 0.15) is 6.61 Å². The van der Waals surface area contributed by atoms with Crippen LogP contribution in [0.5, 0.6) is 0 Å². The number of allylic oxidation sites excluding steroid dienone is 5. The van der Waals surface area contributed by atoms with Crippen LogP contribution in [-0.4, -0.2) is 43.3 Å². The Morgan fingerprint density at radius 2 is 1.08 bits per heavy atom. The van der Waals surface area contributed by atoms with E-state index in [2.05, 4.69) is 38.2 Å². The van der Waals surface area contributed by atoms with Gasteiger partial charge in [0.05, 0.1) is 19.5 Å². The van der Waals surface area contributed by atoms with Gasteiger partial charge in [0.15, 0.2) is 6.10 Å². The largest absolute Gasteiger partial charge is 0.498 e. The molecule has 1 unspecified atom stereocenters. The Bertz CT molecular complexity index is 864. The fourth-order valence-corrected chi connectivity index (χ4v) is 6.35. The lowest BCUT2D eigenvalue weighted by Crippen LogP contribution is -2.27. The number of rotatable bonds is 39. The molecule has 0 heterocycles. The van der Waals surface area contributed by atoms with Gasteiger partial charge in [-0.25, -0.2) is 4.57 Å². The Labute approximate surface area is 308 Å². The zero-order valence-electron chi connectivity index (χ0n) is 32.4. The molecule has 0 aromatic heterocycles. The van der Waals surface area contributed by atoms with Crippen molar-refractivity contribution < 1.29 is 32.8 Å². The minimum Gasteiger partial charge on any atom is -0.498 e. The zero-order chi connectivity index (χ0) is 36.6. The molecule has 0 saturated heterocycles. The van der Waals surface area contributed by atoms with Crippen molar-refractivity contribution in [3.8, 4) is 0 Å². The average molecular weight is 728 g/mol. The van der Waals surface area contributed by atoms with Crippen LogP contribution in [0.1, 0.15) is 187 Å². The summed E-state index contributed by atoms with van der Waals surface area (Å²) in [6, 6.07) is 0. The first kappa shape index (κ1) is 48.6. The molecule has 3 N–H and O–H groups in total. The molecule has 0 amide bonds. The van der Waals surface area contributed by atoms with Gasteiger partial charge in [0.2, 0.25) is 0 Å². The number of carbonyl (C=O) groups excluding carboxylic acids is 1. The fourth-order valence-electron chi connectivity index (χ4n) is 5.58. The standard InChI is InChI=1S/C41H78NO7P/c1-3-5-7-9-11-13-15-17-19-21-23-25-27-29-31-33-36-46-38-40(39-48-50(44,45)47-37-35-42)49-41(43)34-32-30-28-26-24-22-20-18-16-14-12-10-8-6-4-2/h12,14,18,20,33,36,40H,3-11,13,15-17,19,21-32,34-35,37-39,42H2,1-2H3,(H,44,45)/t40-/m1/s1. The van der Waals surface area contributed by atoms with E-state index >= 15 is 0 Å². The van der Waals surface area contributed by atoms with Crippen molar-refractivity contribution >= 4 is 13.8 Å². The summed E-state index contributed by atoms with van der Waals surface area (Å²) in [5, 5.41) is 0. The smallest absolute Gasteiger partial charge is 0.472 e. The molecule has 0 aliphatic heterocycles. The summed E-state index contributed by atoms with van der Waals surface area (Å²) in [4.78, 5) is 22.4. The molecular formula is C41H78NO7P. The third-order valence-corrected chi connectivity index (χ3v) is 9.61. The van der Waals surface area contributed by atoms with Crippen molar-refractivity contribution in [2.45, 2.75) is 193 Å². The molecular weight excluding hydrogens is 649 g/mol. The normalized spacial score (nSPS) is 13.8. The molecule has 8 nitrogen and oxygen atoms in total. The van der Waals surface area contributed by atoms with Gasteiger partial charge < -0.3 is 20.1 Å². The van der Waals surface area contributed by atoms with Crippen LogP contribution in [0.15, 0.2) is 36.6 Å². The first-order chi connectivity index (χ1) is 24.4. The van der Waals surface area contributed by atoms with E-state index in [1.54, 1.807) is 6.26 Å². The van der Waals surface area contributed by atoms with E-state index in [0.717, 1.165) is 57.8 Å². The number of unbranched alkanes of at least 4 members (excludes halogenated alkanes) is 22. The van der Waals surface area contributed by atoms with Crippen LogP contribution in [0.2, 0.25) is 0 Å². The van der Waals surface area contributed by atoms with Crippen LogP contribution in [0.25, 0.3) is 0 Å². The molecule has 2 atom stereocenters. The van der Waals surface area contributed by atoms with Crippen LogP contribution < -0.4 is 5.73 Å². The molecule has 0 radical (unpaired) electrons. The maximum absolute atomic E-state index is 12.5. The highest BCUT2D eigenvalue weighted by atomic mass is 31.2. The number of phosphoric acid groups is 1. The molecule has 0 fully saturated rings. The van der Waals surface area contributed by atoms with Gasteiger partial charge in [-0.2, -0.15) is 0 Å². The lowest BCUT2D eigenvalue weighted by molar-refractivity contribution is -0.153. The average Bonchev–Trinajstić information content (AvgIpc) is 3.10. The maximum atomic E-state index is 12.5. The van der Waals surface area contributed by atoms with E-state index in [1.165, 1.54) is 109 Å². The van der Waals surface area contributed by atoms with Gasteiger partial charge in [-0.05, 0) is 57.4 Å². The van der Waals surface area contributed by atoms with Gasteiger partial charge >= 0.3 is 13.8 Å². The Hall–Kier alpha value is -1.44. The molecule has 0 saturated carbocycles. The van der Waals surface area contributed by atoms with Gasteiger partial charge in [-0.15, -0.1) is 0 Å². The van der Waals surface area contributed by atoms with Crippen LogP contribution >= 0.6 is 7.82 Å². The molecule has 0 aromatic rings. The van der Waals surface area contributed by atoms with Gasteiger partial charge in [0.25, 0.3) is 0 Å². The number of hydrogen-bond donors (Lipinski definition) is 2. The van der Waals surface area contributed by atoms with Crippen LogP contribution in [-0.2, 0) is 27.9 Å². The molecule has 0 aliphatic carbocycles. The van der Waals surface area contributed by atoms with E-state index < -0.39 is 13.9 Å². The summed E-state index contributed by atoms with van der Waals surface area (Å²) in [5.41, 5.74) is 5.35. The maximum Gasteiger partial charge on any atom is 0.472 e. The minimum atomic E-state index is -4.29. The van der Waals surface area contributed by atoms with E-state index in [-0.39, 0.29) is 38.8 Å². The summed E-state index contributed by atoms with van der Waals surface area (Å²) in [7, 11) is -4.29. The second-order valence-electron chi connectivity index (χ2n) is 13.6. The van der Waals surface area contributed by atoms with Gasteiger partial charge in [-0.1, -0.05) is 154 Å². The lowest BCUT2D eigenvalue weighted by atomic mass is 10.0. The van der Waals surface area contributed by atoms with Crippen molar-refractivity contribution in [2.75, 3.05) is 26.4 Å². The summed E-state index contributed by atoms with van der Waals surface area (Å²) < 4.78 is 33.1. The fraction of sp³-hybridized carbons (Fsp3) is 0.829. The molecule has 9 heteroatoms. The summed E-state index contributed by atoms with van der Waals surface area (Å²) in [6.07, 6.45) is 43.9. The topological polar surface area (TPSA) is 117 Å². The number of carbonyl (C=O) groups is 1. The Kier molecular flexibility index (Phi) is 37.7. The second kappa shape index (κ2) is 38.8. The quantitative estimate of drug-likeness (QED) is 0.0211. The molecule has 0 spiro atoms. The zero-order valence-corrected chi connectivity index (χ0v) is 33.3. The van der Waals surface area contributed by atoms with Crippen LogP contribution in [0.3, 0.4) is 0 Å². The number of nitrogens with two attached hydrogens (primary N) is 1. The molecule has 0 rings (SSSR count). The van der Waals surface area contributed by atoms with Crippen molar-refractivity contribution in [2.24, 2.45) is 5.73 Å². The van der Waals surface area contributed by atoms with E-state index in [4.69, 9.17) is 24.3 Å². The van der Waals surface area contributed by atoms with E-state index in [1.807, 2.05) is 6.08 Å². The summed E-state index contributed by atoms with van der Waals surface area (Å²) in [5.74, 6) is -0.366. The SMILES string of the molecule is CCCCCC=CCC=CCCCCCCCC(=O)O[C@H](COC=CCCCCCCCCCCCCCCCC)COP(=O)(O)OCCN. The third kappa shape index (κ3) is 37.8. The number of ether oxygens (including phenoxy) is 2. The predicted molar refractivity (Wildman–Crippen MR) is 210 cm³/mol. The number of phosphoric ester groups is 1. The van der Waals surface area contributed by atoms with E-state index in [9.17, 15) is 14.3 Å². The van der Waals surface area contributed by atoms with E-state index in [0.29, 0.717) is 0 Å². The first-order valence-electron chi connectivity index (χ1n) is 20.5. The summed E-state index contributed by atoms with van der Waals surface area (Å²) >= 11 is 0. The number of esters is 1. The van der Waals surface area contributed by atoms with Gasteiger partial charge in [-0.3, -0.25) is 13.8 Å². The highest BCUT2D eigenvalue weighted by molar-refractivity contribution is 7.47. The van der Waals surface area contributed by atoms with Crippen molar-refractivity contribution in [3.63, 3.8) is 0 Å². The Morgan fingerprint density at radius 3 is 1.62 bits per heavy atom. The summed E-state index contributed by atoms with van der Waals surface area (Å²) in [6.45, 7) is 4.20. The second-order valence-corrected chi connectivity index (χ2v) is 15.0. The first-order valence-corrected chi connectivity index (χ1v) is 22.0. The molecule has 0 bridgehead atoms. The lowest BCUT2D eigenvalue weighted by Gasteiger charge is -2.19.